The van der Waals surface area contributed by atoms with E-state index in [4.69, 9.17) is 14.7 Å². The van der Waals surface area contributed by atoms with E-state index in [0.29, 0.717) is 34.9 Å². The van der Waals surface area contributed by atoms with Crippen molar-refractivity contribution in [2.75, 3.05) is 11.9 Å². The number of nitriles is 1. The zero-order valence-electron chi connectivity index (χ0n) is 15.0. The van der Waals surface area contributed by atoms with Crippen LogP contribution in [-0.2, 0) is 4.79 Å². The van der Waals surface area contributed by atoms with Crippen LogP contribution in [0.5, 0.6) is 11.5 Å². The molecule has 2 N–H and O–H groups in total. The van der Waals surface area contributed by atoms with Crippen molar-refractivity contribution in [2.45, 2.75) is 32.9 Å². The van der Waals surface area contributed by atoms with Crippen LogP contribution in [0, 0.1) is 11.3 Å². The zero-order valence-corrected chi connectivity index (χ0v) is 15.0. The van der Waals surface area contributed by atoms with E-state index >= 15 is 0 Å². The normalized spacial score (nSPS) is 11.5. The Morgan fingerprint density at radius 2 is 1.88 bits per heavy atom. The molecule has 0 aliphatic carbocycles. The molecule has 0 amide bonds. The van der Waals surface area contributed by atoms with Gasteiger partial charge in [-0.25, -0.2) is 4.79 Å². The van der Waals surface area contributed by atoms with E-state index in [1.807, 2.05) is 26.8 Å². The average molecular weight is 354 g/mol. The zero-order chi connectivity index (χ0) is 19.1. The number of benzene rings is 2. The number of hydrogen-bond acceptors (Lipinski definition) is 5. The van der Waals surface area contributed by atoms with Crippen molar-refractivity contribution in [1.29, 1.82) is 5.26 Å². The smallest absolute Gasteiger partial charge is 0.330 e. The minimum Gasteiger partial charge on any atom is -0.490 e. The number of carboxylic acid groups (broad SMARTS) is 1. The van der Waals surface area contributed by atoms with Gasteiger partial charge in [-0.15, -0.1) is 0 Å². The molecule has 0 heterocycles. The third-order valence-corrected chi connectivity index (χ3v) is 3.54. The van der Waals surface area contributed by atoms with Gasteiger partial charge in [0.15, 0.2) is 17.5 Å². The molecule has 1 unspecified atom stereocenters. The predicted molar refractivity (Wildman–Crippen MR) is 98.5 cm³/mol. The molecule has 2 rings (SSSR count). The van der Waals surface area contributed by atoms with Crippen LogP contribution in [0.25, 0.3) is 0 Å². The van der Waals surface area contributed by atoms with Crippen molar-refractivity contribution in [3.8, 4) is 17.6 Å². The summed E-state index contributed by atoms with van der Waals surface area (Å²) in [5.74, 6) is 0.0639. The van der Waals surface area contributed by atoms with Gasteiger partial charge < -0.3 is 19.9 Å². The molecule has 0 spiro atoms. The number of ether oxygens (including phenoxy) is 2. The highest BCUT2D eigenvalue weighted by molar-refractivity contribution is 5.79. The molecule has 0 aromatic heterocycles. The summed E-state index contributed by atoms with van der Waals surface area (Å²) in [7, 11) is 0. The number of nitrogens with one attached hydrogen (secondary N) is 1. The maximum Gasteiger partial charge on any atom is 0.330 e. The topological polar surface area (TPSA) is 91.6 Å². The first kappa shape index (κ1) is 19.1. The SMILES string of the molecule is CCOc1cc(C(Nc2ccc(C#N)cc2)C(=O)O)ccc1OC(C)C. The van der Waals surface area contributed by atoms with Crippen LogP contribution < -0.4 is 14.8 Å². The molecule has 6 nitrogen and oxygen atoms in total. The van der Waals surface area contributed by atoms with Gasteiger partial charge in [0, 0.05) is 5.69 Å². The predicted octanol–water partition coefficient (Wildman–Crippen LogP) is 3.98. The van der Waals surface area contributed by atoms with E-state index in [1.54, 1.807) is 42.5 Å². The minimum absolute atomic E-state index is 0.0212. The van der Waals surface area contributed by atoms with E-state index in [2.05, 4.69) is 5.32 Å². The quantitative estimate of drug-likeness (QED) is 0.745. The van der Waals surface area contributed by atoms with Crippen LogP contribution in [0.4, 0.5) is 5.69 Å². The standard InChI is InChI=1S/C20H22N2O4/c1-4-25-18-11-15(7-10-17(18)26-13(2)3)19(20(23)24)22-16-8-5-14(12-21)6-9-16/h5-11,13,19,22H,4H2,1-3H3,(H,23,24). The van der Waals surface area contributed by atoms with Gasteiger partial charge in [-0.1, -0.05) is 6.07 Å². The van der Waals surface area contributed by atoms with E-state index in [9.17, 15) is 9.90 Å². The summed E-state index contributed by atoms with van der Waals surface area (Å²) in [4.78, 5) is 11.8. The van der Waals surface area contributed by atoms with Gasteiger partial charge in [-0.2, -0.15) is 5.26 Å². The summed E-state index contributed by atoms with van der Waals surface area (Å²) in [5.41, 5.74) is 1.66. The highest BCUT2D eigenvalue weighted by atomic mass is 16.5. The van der Waals surface area contributed by atoms with Crippen LogP contribution in [0.3, 0.4) is 0 Å². The monoisotopic (exact) mass is 354 g/mol. The maximum absolute atomic E-state index is 11.8. The molecule has 0 aliphatic heterocycles. The van der Waals surface area contributed by atoms with Gasteiger partial charge in [0.05, 0.1) is 24.3 Å². The fourth-order valence-corrected chi connectivity index (χ4v) is 2.42. The van der Waals surface area contributed by atoms with Gasteiger partial charge in [0.2, 0.25) is 0 Å². The van der Waals surface area contributed by atoms with Gasteiger partial charge in [0.1, 0.15) is 0 Å². The summed E-state index contributed by atoms with van der Waals surface area (Å²) >= 11 is 0. The molecule has 2 aromatic carbocycles. The molecule has 0 radical (unpaired) electrons. The van der Waals surface area contributed by atoms with Crippen molar-refractivity contribution in [3.05, 3.63) is 53.6 Å². The highest BCUT2D eigenvalue weighted by Crippen LogP contribution is 2.32. The fourth-order valence-electron chi connectivity index (χ4n) is 2.42. The van der Waals surface area contributed by atoms with Gasteiger partial charge in [0.25, 0.3) is 0 Å². The Morgan fingerprint density at radius 1 is 1.19 bits per heavy atom. The van der Waals surface area contributed by atoms with Crippen LogP contribution >= 0.6 is 0 Å². The summed E-state index contributed by atoms with van der Waals surface area (Å²) < 4.78 is 11.3. The van der Waals surface area contributed by atoms with E-state index in [-0.39, 0.29) is 6.10 Å². The lowest BCUT2D eigenvalue weighted by Crippen LogP contribution is -2.20. The number of rotatable bonds is 8. The summed E-state index contributed by atoms with van der Waals surface area (Å²) in [6.07, 6.45) is -0.0212. The second-order valence-electron chi connectivity index (χ2n) is 5.91. The average Bonchev–Trinajstić information content (AvgIpc) is 2.61. The van der Waals surface area contributed by atoms with Crippen molar-refractivity contribution in [3.63, 3.8) is 0 Å². The van der Waals surface area contributed by atoms with Crippen LogP contribution in [0.1, 0.15) is 37.9 Å². The second-order valence-corrected chi connectivity index (χ2v) is 5.91. The Morgan fingerprint density at radius 3 is 2.42 bits per heavy atom. The summed E-state index contributed by atoms with van der Waals surface area (Å²) in [5, 5.41) is 21.5. The van der Waals surface area contributed by atoms with Gasteiger partial charge in [-0.3, -0.25) is 0 Å². The highest BCUT2D eigenvalue weighted by Gasteiger charge is 2.22. The molecular weight excluding hydrogens is 332 g/mol. The molecule has 0 aliphatic rings. The molecule has 136 valence electrons. The van der Waals surface area contributed by atoms with E-state index < -0.39 is 12.0 Å². The third-order valence-electron chi connectivity index (χ3n) is 3.54. The Kier molecular flexibility index (Phi) is 6.45. The van der Waals surface area contributed by atoms with Crippen LogP contribution in [-0.4, -0.2) is 23.8 Å². The van der Waals surface area contributed by atoms with Gasteiger partial charge in [-0.05, 0) is 62.7 Å². The lowest BCUT2D eigenvalue weighted by molar-refractivity contribution is -0.138. The fraction of sp³-hybridized carbons (Fsp3) is 0.300. The number of carboxylic acids is 1. The number of hydrogen-bond donors (Lipinski definition) is 2. The van der Waals surface area contributed by atoms with E-state index in [0.717, 1.165) is 0 Å². The molecule has 0 saturated carbocycles. The first-order chi connectivity index (χ1) is 12.4. The van der Waals surface area contributed by atoms with Crippen LogP contribution in [0.15, 0.2) is 42.5 Å². The van der Waals surface area contributed by atoms with Crippen molar-refractivity contribution >= 4 is 11.7 Å². The molecule has 6 heteroatoms. The molecule has 0 bridgehead atoms. The van der Waals surface area contributed by atoms with Crippen molar-refractivity contribution < 1.29 is 19.4 Å². The molecule has 2 aromatic rings. The second kappa shape index (κ2) is 8.77. The molecular formula is C20H22N2O4. The van der Waals surface area contributed by atoms with Crippen molar-refractivity contribution in [1.82, 2.24) is 0 Å². The first-order valence-corrected chi connectivity index (χ1v) is 8.37. The third kappa shape index (κ3) is 4.90. The molecule has 26 heavy (non-hydrogen) atoms. The number of nitrogens with zero attached hydrogens (tertiary/aromatic N) is 1. The number of aliphatic carboxylic acids is 1. The van der Waals surface area contributed by atoms with Crippen LogP contribution in [0.2, 0.25) is 0 Å². The molecule has 0 saturated heterocycles. The lowest BCUT2D eigenvalue weighted by atomic mass is 10.1. The Hall–Kier alpha value is -3.20. The first-order valence-electron chi connectivity index (χ1n) is 8.37. The number of anilines is 1. The summed E-state index contributed by atoms with van der Waals surface area (Å²) in [6, 6.07) is 12.8. The summed E-state index contributed by atoms with van der Waals surface area (Å²) in [6.45, 7) is 6.13. The van der Waals surface area contributed by atoms with Crippen molar-refractivity contribution in [2.24, 2.45) is 0 Å². The minimum atomic E-state index is -1.02. The maximum atomic E-state index is 11.8. The van der Waals surface area contributed by atoms with Gasteiger partial charge >= 0.3 is 5.97 Å². The van der Waals surface area contributed by atoms with E-state index in [1.165, 1.54) is 0 Å². The lowest BCUT2D eigenvalue weighted by Gasteiger charge is -2.19. The Labute approximate surface area is 153 Å². The Balaban J connectivity index is 2.32. The number of carbonyl (C=O) groups is 1. The Bertz CT molecular complexity index is 794. The molecule has 0 fully saturated rings. The largest absolute Gasteiger partial charge is 0.490 e. The molecule has 1 atom stereocenters.